The Morgan fingerprint density at radius 3 is 2.43 bits per heavy atom. The maximum Gasteiger partial charge on any atom is 0.129 e. The summed E-state index contributed by atoms with van der Waals surface area (Å²) in [6, 6.07) is 10.0. The summed E-state index contributed by atoms with van der Waals surface area (Å²) in [6.07, 6.45) is 3.02. The summed E-state index contributed by atoms with van der Waals surface area (Å²) in [7, 11) is 0. The van der Waals surface area contributed by atoms with Gasteiger partial charge in [0.25, 0.3) is 0 Å². The molecule has 0 amide bonds. The number of benzene rings is 2. The van der Waals surface area contributed by atoms with Gasteiger partial charge >= 0.3 is 0 Å². The van der Waals surface area contributed by atoms with E-state index in [0.29, 0.717) is 6.42 Å². The summed E-state index contributed by atoms with van der Waals surface area (Å²) in [5.74, 6) is -1.19. The minimum Gasteiger partial charge on any atom is -0.392 e. The average molecular weight is 288 g/mol. The molecule has 0 saturated heterocycles. The van der Waals surface area contributed by atoms with Crippen molar-refractivity contribution in [2.24, 2.45) is 0 Å². The quantitative estimate of drug-likeness (QED) is 0.911. The van der Waals surface area contributed by atoms with Crippen LogP contribution in [0.3, 0.4) is 0 Å². The molecule has 1 unspecified atom stereocenters. The topological polar surface area (TPSA) is 20.2 Å². The van der Waals surface area contributed by atoms with E-state index >= 15 is 0 Å². The highest BCUT2D eigenvalue weighted by molar-refractivity contribution is 5.35. The first-order valence-electron chi connectivity index (χ1n) is 7.35. The van der Waals surface area contributed by atoms with E-state index in [1.165, 1.54) is 35.7 Å². The number of aryl methyl sites for hydroxylation is 2. The number of aliphatic hydroxyl groups excluding tert-OH is 1. The van der Waals surface area contributed by atoms with Crippen LogP contribution in [0.1, 0.15) is 28.7 Å². The zero-order valence-electron chi connectivity index (χ0n) is 11.8. The van der Waals surface area contributed by atoms with E-state index in [-0.39, 0.29) is 12.0 Å². The summed E-state index contributed by atoms with van der Waals surface area (Å²) >= 11 is 0. The highest BCUT2D eigenvalue weighted by Gasteiger charge is 2.16. The largest absolute Gasteiger partial charge is 0.392 e. The Morgan fingerprint density at radius 2 is 1.67 bits per heavy atom. The van der Waals surface area contributed by atoms with E-state index in [4.69, 9.17) is 0 Å². The summed E-state index contributed by atoms with van der Waals surface area (Å²) in [4.78, 5) is 0. The van der Waals surface area contributed by atoms with Crippen LogP contribution in [0, 0.1) is 11.6 Å². The van der Waals surface area contributed by atoms with Crippen LogP contribution < -0.4 is 0 Å². The van der Waals surface area contributed by atoms with Crippen LogP contribution in [0.4, 0.5) is 8.78 Å². The van der Waals surface area contributed by atoms with Gasteiger partial charge < -0.3 is 5.11 Å². The maximum atomic E-state index is 13.6. The molecule has 0 spiro atoms. The lowest BCUT2D eigenvalue weighted by atomic mass is 9.98. The predicted octanol–water partition coefficient (Wildman–Crippen LogP) is 3.60. The molecule has 1 aliphatic carbocycles. The molecular weight excluding hydrogens is 270 g/mol. The molecule has 3 rings (SSSR count). The Labute approximate surface area is 123 Å². The van der Waals surface area contributed by atoms with Crippen molar-refractivity contribution in [2.75, 3.05) is 0 Å². The van der Waals surface area contributed by atoms with Gasteiger partial charge in [-0.2, -0.15) is 0 Å². The number of hydrogen-bond donors (Lipinski definition) is 1. The lowest BCUT2D eigenvalue weighted by Crippen LogP contribution is -2.16. The van der Waals surface area contributed by atoms with Crippen LogP contribution in [0.15, 0.2) is 36.4 Å². The van der Waals surface area contributed by atoms with Crippen LogP contribution in [-0.4, -0.2) is 11.2 Å². The van der Waals surface area contributed by atoms with Crippen LogP contribution in [0.5, 0.6) is 0 Å². The maximum absolute atomic E-state index is 13.6. The molecule has 21 heavy (non-hydrogen) atoms. The molecule has 0 saturated carbocycles. The van der Waals surface area contributed by atoms with Crippen molar-refractivity contribution in [1.29, 1.82) is 0 Å². The third kappa shape index (κ3) is 3.13. The van der Waals surface area contributed by atoms with Crippen molar-refractivity contribution < 1.29 is 13.9 Å². The number of fused-ring (bicyclic) bond motifs is 1. The Kier molecular flexibility index (Phi) is 4.02. The van der Waals surface area contributed by atoms with Gasteiger partial charge in [-0.05, 0) is 54.5 Å². The molecule has 0 aliphatic heterocycles. The first-order chi connectivity index (χ1) is 10.1. The third-order valence-electron chi connectivity index (χ3n) is 4.14. The van der Waals surface area contributed by atoms with Gasteiger partial charge in [0.15, 0.2) is 0 Å². The summed E-state index contributed by atoms with van der Waals surface area (Å²) in [6.45, 7) is 0. The lowest BCUT2D eigenvalue weighted by molar-refractivity contribution is 0.172. The van der Waals surface area contributed by atoms with E-state index in [0.717, 1.165) is 18.4 Å². The van der Waals surface area contributed by atoms with Gasteiger partial charge in [0, 0.05) is 12.0 Å². The van der Waals surface area contributed by atoms with Gasteiger partial charge in [0.1, 0.15) is 11.6 Å². The second-order valence-corrected chi connectivity index (χ2v) is 5.72. The molecule has 0 heterocycles. The van der Waals surface area contributed by atoms with Crippen LogP contribution in [-0.2, 0) is 25.7 Å². The predicted molar refractivity (Wildman–Crippen MR) is 78.2 cm³/mol. The van der Waals surface area contributed by atoms with Gasteiger partial charge in [-0.3, -0.25) is 0 Å². The van der Waals surface area contributed by atoms with Gasteiger partial charge in [0.2, 0.25) is 0 Å². The van der Waals surface area contributed by atoms with E-state index in [1.54, 1.807) is 0 Å². The Balaban J connectivity index is 1.70. The van der Waals surface area contributed by atoms with Gasteiger partial charge in [-0.1, -0.05) is 24.3 Å². The van der Waals surface area contributed by atoms with Crippen molar-refractivity contribution in [3.8, 4) is 0 Å². The molecule has 0 bridgehead atoms. The molecule has 0 fully saturated rings. The Hall–Kier alpha value is -1.74. The molecule has 1 N–H and O–H groups in total. The first kappa shape index (κ1) is 14.2. The number of aliphatic hydroxyl groups is 1. The van der Waals surface area contributed by atoms with Crippen LogP contribution in [0.2, 0.25) is 0 Å². The smallest absolute Gasteiger partial charge is 0.129 e. The molecule has 0 radical (unpaired) electrons. The van der Waals surface area contributed by atoms with Crippen LogP contribution >= 0.6 is 0 Å². The molecule has 1 aliphatic rings. The van der Waals surface area contributed by atoms with Gasteiger partial charge in [0.05, 0.1) is 6.10 Å². The van der Waals surface area contributed by atoms with Crippen molar-refractivity contribution >= 4 is 0 Å². The van der Waals surface area contributed by atoms with E-state index in [9.17, 15) is 13.9 Å². The number of rotatable bonds is 4. The minimum atomic E-state index is -0.782. The van der Waals surface area contributed by atoms with E-state index in [2.05, 4.69) is 12.1 Å². The summed E-state index contributed by atoms with van der Waals surface area (Å²) in [5, 5.41) is 10.1. The minimum absolute atomic E-state index is 0.00437. The zero-order chi connectivity index (χ0) is 14.8. The van der Waals surface area contributed by atoms with Crippen molar-refractivity contribution in [3.63, 3.8) is 0 Å². The Bertz CT molecular complexity index is 631. The zero-order valence-corrected chi connectivity index (χ0v) is 11.8. The number of halogens is 2. The average Bonchev–Trinajstić information content (AvgIpc) is 2.90. The standard InChI is InChI=1S/C18H18F2O/c19-17-5-2-6-18(20)16(17)11-15(21)10-12-7-8-13-3-1-4-14(13)9-12/h2,5-9,15,21H,1,3-4,10-11H2. The third-order valence-corrected chi connectivity index (χ3v) is 4.14. The molecule has 1 nitrogen and oxygen atoms in total. The fraction of sp³-hybridized carbons (Fsp3) is 0.333. The van der Waals surface area contributed by atoms with Gasteiger partial charge in [-0.15, -0.1) is 0 Å². The van der Waals surface area contributed by atoms with Crippen molar-refractivity contribution in [2.45, 2.75) is 38.2 Å². The molecular formula is C18H18F2O. The highest BCUT2D eigenvalue weighted by Crippen LogP contribution is 2.24. The second kappa shape index (κ2) is 5.94. The van der Waals surface area contributed by atoms with Gasteiger partial charge in [-0.25, -0.2) is 8.78 Å². The van der Waals surface area contributed by atoms with E-state index in [1.807, 2.05) is 6.07 Å². The summed E-state index contributed by atoms with van der Waals surface area (Å²) < 4.78 is 27.2. The summed E-state index contributed by atoms with van der Waals surface area (Å²) in [5.41, 5.74) is 3.72. The molecule has 0 aromatic heterocycles. The highest BCUT2D eigenvalue weighted by atomic mass is 19.1. The van der Waals surface area contributed by atoms with Crippen molar-refractivity contribution in [3.05, 3.63) is 70.3 Å². The molecule has 110 valence electrons. The fourth-order valence-electron chi connectivity index (χ4n) is 3.06. The fourth-order valence-corrected chi connectivity index (χ4v) is 3.06. The van der Waals surface area contributed by atoms with Crippen LogP contribution in [0.25, 0.3) is 0 Å². The normalized spacial score (nSPS) is 15.0. The molecule has 2 aromatic rings. The lowest BCUT2D eigenvalue weighted by Gasteiger charge is -2.13. The van der Waals surface area contributed by atoms with E-state index < -0.39 is 17.7 Å². The molecule has 2 aromatic carbocycles. The first-order valence-corrected chi connectivity index (χ1v) is 7.35. The molecule has 1 atom stereocenters. The molecule has 3 heteroatoms. The Morgan fingerprint density at radius 1 is 0.952 bits per heavy atom. The number of hydrogen-bond acceptors (Lipinski definition) is 1. The SMILES string of the molecule is OC(Cc1ccc2c(c1)CCC2)Cc1c(F)cccc1F. The van der Waals surface area contributed by atoms with Crippen molar-refractivity contribution in [1.82, 2.24) is 0 Å². The second-order valence-electron chi connectivity index (χ2n) is 5.72. The monoisotopic (exact) mass is 288 g/mol.